The molecule has 2 aromatic rings. The van der Waals surface area contributed by atoms with Gasteiger partial charge in [0, 0.05) is 12.2 Å². The summed E-state index contributed by atoms with van der Waals surface area (Å²) in [5.74, 6) is -0.279. The maximum absolute atomic E-state index is 11.5. The molecule has 0 aromatic heterocycles. The lowest BCUT2D eigenvalue weighted by molar-refractivity contribution is -0.142. The van der Waals surface area contributed by atoms with Gasteiger partial charge in [-0.15, -0.1) is 0 Å². The Labute approximate surface area is 189 Å². The Morgan fingerprint density at radius 2 is 1.41 bits per heavy atom. The summed E-state index contributed by atoms with van der Waals surface area (Å²) in [6.07, 6.45) is 5.51. The number of esters is 2. The van der Waals surface area contributed by atoms with Crippen LogP contribution in [0.5, 0.6) is 5.75 Å². The zero-order valence-corrected chi connectivity index (χ0v) is 18.6. The van der Waals surface area contributed by atoms with Crippen LogP contribution in [0.3, 0.4) is 0 Å². The number of unbranched alkanes of at least 4 members (excludes halogenated alkanes) is 3. The van der Waals surface area contributed by atoms with Crippen molar-refractivity contribution in [1.29, 1.82) is 5.26 Å². The van der Waals surface area contributed by atoms with Crippen molar-refractivity contribution in [2.45, 2.75) is 45.6 Å². The van der Waals surface area contributed by atoms with E-state index < -0.39 is 11.9 Å². The van der Waals surface area contributed by atoms with Gasteiger partial charge in [-0.2, -0.15) is 5.26 Å². The highest BCUT2D eigenvalue weighted by Gasteiger charge is 2.03. The summed E-state index contributed by atoms with van der Waals surface area (Å²) < 4.78 is 15.7. The SMILES string of the molecule is CC(C)OC(=O)/C=C/C(=O)OCCCCCCOc1ccc(-c2ccc(C#N)cc2)cc1. The second kappa shape index (κ2) is 13.7. The molecule has 0 saturated carbocycles. The van der Waals surface area contributed by atoms with Gasteiger partial charge in [-0.1, -0.05) is 24.3 Å². The predicted molar refractivity (Wildman–Crippen MR) is 122 cm³/mol. The van der Waals surface area contributed by atoms with Gasteiger partial charge in [0.1, 0.15) is 5.75 Å². The molecule has 0 saturated heterocycles. The van der Waals surface area contributed by atoms with Crippen molar-refractivity contribution in [3.63, 3.8) is 0 Å². The van der Waals surface area contributed by atoms with Crippen LogP contribution in [0, 0.1) is 11.3 Å². The van der Waals surface area contributed by atoms with Gasteiger partial charge in [0.15, 0.2) is 0 Å². The molecule has 6 heteroatoms. The molecular weight excluding hydrogens is 406 g/mol. The summed E-state index contributed by atoms with van der Waals surface area (Å²) in [6.45, 7) is 4.42. The lowest BCUT2D eigenvalue weighted by Crippen LogP contribution is -2.09. The standard InChI is InChI=1S/C26H29NO5/c1-20(2)32-26(29)16-15-25(28)31-18-6-4-3-5-17-30-24-13-11-23(12-14-24)22-9-7-21(19-27)8-10-22/h7-16,20H,3-6,17-18H2,1-2H3/b16-15+. The molecule has 0 amide bonds. The van der Waals surface area contributed by atoms with E-state index in [1.807, 2.05) is 36.4 Å². The van der Waals surface area contributed by atoms with E-state index in [1.165, 1.54) is 0 Å². The number of hydrogen-bond donors (Lipinski definition) is 0. The van der Waals surface area contributed by atoms with Crippen molar-refractivity contribution >= 4 is 11.9 Å². The molecule has 0 atom stereocenters. The molecule has 2 aromatic carbocycles. The van der Waals surface area contributed by atoms with Crippen LogP contribution in [0.1, 0.15) is 45.1 Å². The zero-order valence-electron chi connectivity index (χ0n) is 18.6. The molecule has 2 rings (SSSR count). The van der Waals surface area contributed by atoms with E-state index in [9.17, 15) is 9.59 Å². The average molecular weight is 436 g/mol. The molecule has 0 radical (unpaired) electrons. The Kier molecular flexibility index (Phi) is 10.5. The van der Waals surface area contributed by atoms with E-state index in [-0.39, 0.29) is 6.10 Å². The number of carbonyl (C=O) groups is 2. The molecule has 0 aliphatic heterocycles. The normalized spacial score (nSPS) is 10.7. The van der Waals surface area contributed by atoms with Gasteiger partial charge >= 0.3 is 11.9 Å². The van der Waals surface area contributed by atoms with Gasteiger partial charge < -0.3 is 14.2 Å². The molecule has 0 bridgehead atoms. The van der Waals surface area contributed by atoms with Crippen LogP contribution in [0.15, 0.2) is 60.7 Å². The van der Waals surface area contributed by atoms with E-state index >= 15 is 0 Å². The van der Waals surface area contributed by atoms with Crippen LogP contribution in [-0.4, -0.2) is 31.3 Å². The van der Waals surface area contributed by atoms with Crippen molar-refractivity contribution in [1.82, 2.24) is 0 Å². The van der Waals surface area contributed by atoms with Crippen molar-refractivity contribution in [2.24, 2.45) is 0 Å². The van der Waals surface area contributed by atoms with Gasteiger partial charge in [-0.3, -0.25) is 0 Å². The van der Waals surface area contributed by atoms with Gasteiger partial charge in [0.05, 0.1) is 31.0 Å². The van der Waals surface area contributed by atoms with Crippen LogP contribution in [0.4, 0.5) is 0 Å². The number of carbonyl (C=O) groups excluding carboxylic acids is 2. The molecule has 0 aliphatic rings. The minimum absolute atomic E-state index is 0.222. The fourth-order valence-electron chi connectivity index (χ4n) is 2.86. The smallest absolute Gasteiger partial charge is 0.331 e. The van der Waals surface area contributed by atoms with E-state index in [0.717, 1.165) is 54.7 Å². The lowest BCUT2D eigenvalue weighted by atomic mass is 10.0. The molecule has 0 aliphatic carbocycles. The van der Waals surface area contributed by atoms with Crippen molar-refractivity contribution < 1.29 is 23.8 Å². The molecular formula is C26H29NO5. The maximum atomic E-state index is 11.5. The minimum Gasteiger partial charge on any atom is -0.494 e. The molecule has 6 nitrogen and oxygen atoms in total. The topological polar surface area (TPSA) is 85.6 Å². The highest BCUT2D eigenvalue weighted by Crippen LogP contribution is 2.23. The lowest BCUT2D eigenvalue weighted by Gasteiger charge is -2.08. The number of nitriles is 1. The highest BCUT2D eigenvalue weighted by molar-refractivity contribution is 5.91. The Bertz CT molecular complexity index is 924. The molecule has 0 fully saturated rings. The van der Waals surface area contributed by atoms with Crippen molar-refractivity contribution in [2.75, 3.05) is 13.2 Å². The Morgan fingerprint density at radius 1 is 0.844 bits per heavy atom. The summed E-state index contributed by atoms with van der Waals surface area (Å²) in [5.41, 5.74) is 2.78. The molecule has 0 unspecified atom stereocenters. The summed E-state index contributed by atoms with van der Waals surface area (Å²) >= 11 is 0. The fraction of sp³-hybridized carbons (Fsp3) is 0.346. The second-order valence-corrected chi connectivity index (χ2v) is 7.46. The summed E-state index contributed by atoms with van der Waals surface area (Å²) in [4.78, 5) is 22.8. The molecule has 168 valence electrons. The second-order valence-electron chi connectivity index (χ2n) is 7.46. The first-order chi connectivity index (χ1) is 15.5. The molecule has 32 heavy (non-hydrogen) atoms. The Morgan fingerprint density at radius 3 is 2.00 bits per heavy atom. The molecule has 0 heterocycles. The van der Waals surface area contributed by atoms with E-state index in [0.29, 0.717) is 18.8 Å². The first kappa shape index (κ1) is 24.7. The van der Waals surface area contributed by atoms with Crippen LogP contribution in [0.2, 0.25) is 0 Å². The Hall–Kier alpha value is -3.59. The third kappa shape index (κ3) is 9.48. The van der Waals surface area contributed by atoms with Crippen LogP contribution in [-0.2, 0) is 19.1 Å². The number of rotatable bonds is 12. The number of nitrogens with zero attached hydrogens (tertiary/aromatic N) is 1. The maximum Gasteiger partial charge on any atom is 0.331 e. The van der Waals surface area contributed by atoms with E-state index in [4.69, 9.17) is 19.5 Å². The van der Waals surface area contributed by atoms with Crippen molar-refractivity contribution in [3.05, 3.63) is 66.2 Å². The van der Waals surface area contributed by atoms with Gasteiger partial charge in [0.25, 0.3) is 0 Å². The monoisotopic (exact) mass is 435 g/mol. The summed E-state index contributed by atoms with van der Waals surface area (Å²) in [6, 6.07) is 17.5. The number of benzene rings is 2. The van der Waals surface area contributed by atoms with Crippen LogP contribution < -0.4 is 4.74 Å². The minimum atomic E-state index is -0.555. The molecule has 0 spiro atoms. The van der Waals surface area contributed by atoms with Gasteiger partial charge in [-0.05, 0) is 74.9 Å². The van der Waals surface area contributed by atoms with E-state index in [2.05, 4.69) is 6.07 Å². The third-order valence-corrected chi connectivity index (χ3v) is 4.46. The number of ether oxygens (including phenoxy) is 3. The van der Waals surface area contributed by atoms with Gasteiger partial charge in [-0.25, -0.2) is 9.59 Å². The first-order valence-electron chi connectivity index (χ1n) is 10.8. The van der Waals surface area contributed by atoms with Crippen LogP contribution in [0.25, 0.3) is 11.1 Å². The summed E-state index contributed by atoms with van der Waals surface area (Å²) in [7, 11) is 0. The predicted octanol–water partition coefficient (Wildman–Crippen LogP) is 5.22. The zero-order chi connectivity index (χ0) is 23.2. The van der Waals surface area contributed by atoms with Crippen molar-refractivity contribution in [3.8, 4) is 22.9 Å². The summed E-state index contributed by atoms with van der Waals surface area (Å²) in [5, 5.41) is 8.88. The third-order valence-electron chi connectivity index (χ3n) is 4.46. The molecule has 0 N–H and O–H groups in total. The van der Waals surface area contributed by atoms with Gasteiger partial charge in [0.2, 0.25) is 0 Å². The fourth-order valence-corrected chi connectivity index (χ4v) is 2.86. The Balaban J connectivity index is 1.55. The van der Waals surface area contributed by atoms with E-state index in [1.54, 1.807) is 26.0 Å². The number of hydrogen-bond acceptors (Lipinski definition) is 6. The quantitative estimate of drug-likeness (QED) is 0.258. The largest absolute Gasteiger partial charge is 0.494 e. The highest BCUT2D eigenvalue weighted by atomic mass is 16.5. The van der Waals surface area contributed by atoms with Crippen LogP contribution >= 0.6 is 0 Å². The first-order valence-corrected chi connectivity index (χ1v) is 10.8. The average Bonchev–Trinajstić information content (AvgIpc) is 2.79.